The van der Waals surface area contributed by atoms with Gasteiger partial charge in [0.25, 0.3) is 0 Å². The van der Waals surface area contributed by atoms with E-state index in [1.54, 1.807) is 6.07 Å². The van der Waals surface area contributed by atoms with Crippen LogP contribution < -0.4 is 0 Å². The van der Waals surface area contributed by atoms with Gasteiger partial charge in [-0.05, 0) is 43.5 Å². The van der Waals surface area contributed by atoms with Gasteiger partial charge < -0.3 is 14.7 Å². The standard InChI is InChI=1S/C14H20FNO2/c1-16(8-11-3-2-4-18-10-11)9-12-5-13(15)7-14(17)6-12/h5-7,11,17H,2-4,8-10H2,1H3. The molecule has 1 atom stereocenters. The lowest BCUT2D eigenvalue weighted by atomic mass is 10.0. The fraction of sp³-hybridized carbons (Fsp3) is 0.571. The minimum absolute atomic E-state index is 0.0144. The highest BCUT2D eigenvalue weighted by Gasteiger charge is 2.16. The molecule has 0 spiro atoms. The van der Waals surface area contributed by atoms with Gasteiger partial charge in [-0.3, -0.25) is 0 Å². The summed E-state index contributed by atoms with van der Waals surface area (Å²) in [5.41, 5.74) is 0.798. The van der Waals surface area contributed by atoms with Gasteiger partial charge in [-0.2, -0.15) is 0 Å². The highest BCUT2D eigenvalue weighted by Crippen LogP contribution is 2.18. The summed E-state index contributed by atoms with van der Waals surface area (Å²) >= 11 is 0. The zero-order valence-electron chi connectivity index (χ0n) is 10.7. The number of halogens is 1. The lowest BCUT2D eigenvalue weighted by molar-refractivity contribution is 0.0411. The van der Waals surface area contributed by atoms with E-state index in [0.717, 1.165) is 37.8 Å². The lowest BCUT2D eigenvalue weighted by Crippen LogP contribution is -2.30. The second-order valence-corrected chi connectivity index (χ2v) is 5.10. The van der Waals surface area contributed by atoms with E-state index in [-0.39, 0.29) is 11.6 Å². The topological polar surface area (TPSA) is 32.7 Å². The van der Waals surface area contributed by atoms with Gasteiger partial charge in [-0.25, -0.2) is 4.39 Å². The Balaban J connectivity index is 1.87. The van der Waals surface area contributed by atoms with Crippen molar-refractivity contribution in [1.29, 1.82) is 0 Å². The second-order valence-electron chi connectivity index (χ2n) is 5.10. The van der Waals surface area contributed by atoms with Crippen molar-refractivity contribution >= 4 is 0 Å². The predicted molar refractivity (Wildman–Crippen MR) is 67.9 cm³/mol. The Morgan fingerprint density at radius 1 is 1.44 bits per heavy atom. The van der Waals surface area contributed by atoms with Crippen LogP contribution >= 0.6 is 0 Å². The van der Waals surface area contributed by atoms with E-state index < -0.39 is 0 Å². The van der Waals surface area contributed by atoms with Gasteiger partial charge in [-0.15, -0.1) is 0 Å². The average molecular weight is 253 g/mol. The van der Waals surface area contributed by atoms with Gasteiger partial charge in [-0.1, -0.05) is 0 Å². The van der Waals surface area contributed by atoms with Crippen molar-refractivity contribution in [3.8, 4) is 5.75 Å². The first-order valence-electron chi connectivity index (χ1n) is 6.38. The molecule has 1 aliphatic rings. The Hall–Kier alpha value is -1.13. The number of phenols is 1. The van der Waals surface area contributed by atoms with Gasteiger partial charge in [0.15, 0.2) is 0 Å². The Kier molecular flexibility index (Phi) is 4.55. The van der Waals surface area contributed by atoms with Crippen LogP contribution in [-0.2, 0) is 11.3 Å². The van der Waals surface area contributed by atoms with Gasteiger partial charge >= 0.3 is 0 Å². The average Bonchev–Trinajstić information content (AvgIpc) is 2.28. The van der Waals surface area contributed by atoms with Crippen LogP contribution in [0.5, 0.6) is 5.75 Å². The van der Waals surface area contributed by atoms with Crippen molar-refractivity contribution in [1.82, 2.24) is 4.90 Å². The van der Waals surface area contributed by atoms with Crippen molar-refractivity contribution in [2.24, 2.45) is 5.92 Å². The molecule has 4 heteroatoms. The molecule has 0 aromatic heterocycles. The third-order valence-corrected chi connectivity index (χ3v) is 3.22. The van der Waals surface area contributed by atoms with E-state index >= 15 is 0 Å². The van der Waals surface area contributed by atoms with E-state index in [0.29, 0.717) is 12.5 Å². The first-order valence-corrected chi connectivity index (χ1v) is 6.38. The summed E-state index contributed by atoms with van der Waals surface area (Å²) < 4.78 is 18.6. The lowest BCUT2D eigenvalue weighted by Gasteiger charge is -2.27. The molecule has 0 aliphatic carbocycles. The molecule has 1 fully saturated rings. The largest absolute Gasteiger partial charge is 0.508 e. The fourth-order valence-corrected chi connectivity index (χ4v) is 2.49. The van der Waals surface area contributed by atoms with Crippen molar-refractivity contribution in [2.45, 2.75) is 19.4 Å². The van der Waals surface area contributed by atoms with Crippen LogP contribution in [0, 0.1) is 11.7 Å². The molecule has 18 heavy (non-hydrogen) atoms. The van der Waals surface area contributed by atoms with Crippen molar-refractivity contribution < 1.29 is 14.2 Å². The summed E-state index contributed by atoms with van der Waals surface area (Å²) in [5, 5.41) is 9.35. The molecule has 1 unspecified atom stereocenters. The second kappa shape index (κ2) is 6.16. The number of hydrogen-bond donors (Lipinski definition) is 1. The number of hydrogen-bond acceptors (Lipinski definition) is 3. The molecule has 1 aromatic carbocycles. The third kappa shape index (κ3) is 3.96. The zero-order valence-corrected chi connectivity index (χ0v) is 10.7. The Morgan fingerprint density at radius 2 is 2.28 bits per heavy atom. The smallest absolute Gasteiger partial charge is 0.127 e. The summed E-state index contributed by atoms with van der Waals surface area (Å²) in [6, 6.07) is 4.20. The van der Waals surface area contributed by atoms with Crippen molar-refractivity contribution in [3.63, 3.8) is 0 Å². The molecule has 0 amide bonds. The molecule has 100 valence electrons. The quantitative estimate of drug-likeness (QED) is 0.894. The molecule has 0 saturated carbocycles. The number of rotatable bonds is 4. The first kappa shape index (κ1) is 13.3. The maximum Gasteiger partial charge on any atom is 0.127 e. The minimum atomic E-state index is -0.389. The van der Waals surface area contributed by atoms with Gasteiger partial charge in [0, 0.05) is 25.8 Å². The fourth-order valence-electron chi connectivity index (χ4n) is 2.49. The maximum absolute atomic E-state index is 13.1. The van der Waals surface area contributed by atoms with Gasteiger partial charge in [0.2, 0.25) is 0 Å². The van der Waals surface area contributed by atoms with E-state index in [9.17, 15) is 9.50 Å². The molecule has 0 bridgehead atoms. The van der Waals surface area contributed by atoms with Crippen LogP contribution in [0.15, 0.2) is 18.2 Å². The number of ether oxygens (including phenoxy) is 1. The number of aromatic hydroxyl groups is 1. The highest BCUT2D eigenvalue weighted by molar-refractivity contribution is 5.28. The molecule has 0 radical (unpaired) electrons. The Labute approximate surface area is 107 Å². The molecular formula is C14H20FNO2. The molecular weight excluding hydrogens is 233 g/mol. The molecule has 1 N–H and O–H groups in total. The Morgan fingerprint density at radius 3 is 2.94 bits per heavy atom. The third-order valence-electron chi connectivity index (χ3n) is 3.22. The van der Waals surface area contributed by atoms with Gasteiger partial charge in [0.1, 0.15) is 11.6 Å². The maximum atomic E-state index is 13.1. The number of phenolic OH excluding ortho intramolecular Hbond substituents is 1. The van der Waals surface area contributed by atoms with Crippen LogP contribution in [0.1, 0.15) is 18.4 Å². The molecule has 1 saturated heterocycles. The van der Waals surface area contributed by atoms with Crippen molar-refractivity contribution in [3.05, 3.63) is 29.6 Å². The van der Waals surface area contributed by atoms with E-state index in [2.05, 4.69) is 4.90 Å². The SMILES string of the molecule is CN(Cc1cc(O)cc(F)c1)CC1CCCOC1. The van der Waals surface area contributed by atoms with Crippen LogP contribution in [0.25, 0.3) is 0 Å². The summed E-state index contributed by atoms with van der Waals surface area (Å²) in [7, 11) is 2.01. The summed E-state index contributed by atoms with van der Waals surface area (Å²) in [5.74, 6) is 0.157. The zero-order chi connectivity index (χ0) is 13.0. The summed E-state index contributed by atoms with van der Waals surface area (Å²) in [6.45, 7) is 3.27. The number of benzene rings is 1. The number of nitrogens with zero attached hydrogens (tertiary/aromatic N) is 1. The molecule has 2 rings (SSSR count). The van der Waals surface area contributed by atoms with E-state index in [1.807, 2.05) is 7.05 Å². The molecule has 1 heterocycles. The molecule has 3 nitrogen and oxygen atoms in total. The van der Waals surface area contributed by atoms with Crippen molar-refractivity contribution in [2.75, 3.05) is 26.8 Å². The van der Waals surface area contributed by atoms with E-state index in [4.69, 9.17) is 4.74 Å². The van der Waals surface area contributed by atoms with Crippen LogP contribution in [-0.4, -0.2) is 36.8 Å². The summed E-state index contributed by atoms with van der Waals surface area (Å²) in [6.07, 6.45) is 2.32. The van der Waals surface area contributed by atoms with E-state index in [1.165, 1.54) is 12.5 Å². The normalized spacial score (nSPS) is 20.3. The molecule has 1 aromatic rings. The first-order chi connectivity index (χ1) is 8.63. The van der Waals surface area contributed by atoms with Crippen LogP contribution in [0.2, 0.25) is 0 Å². The minimum Gasteiger partial charge on any atom is -0.508 e. The summed E-state index contributed by atoms with van der Waals surface area (Å²) in [4.78, 5) is 2.15. The monoisotopic (exact) mass is 253 g/mol. The predicted octanol–water partition coefficient (Wildman–Crippen LogP) is 2.39. The van der Waals surface area contributed by atoms with Crippen LogP contribution in [0.4, 0.5) is 4.39 Å². The Bertz CT molecular complexity index is 371. The van der Waals surface area contributed by atoms with Gasteiger partial charge in [0.05, 0.1) is 6.61 Å². The molecule has 1 aliphatic heterocycles. The highest BCUT2D eigenvalue weighted by atomic mass is 19.1. The van der Waals surface area contributed by atoms with Crippen LogP contribution in [0.3, 0.4) is 0 Å².